The van der Waals surface area contributed by atoms with Gasteiger partial charge in [-0.25, -0.2) is 5.90 Å². The van der Waals surface area contributed by atoms with Crippen LogP contribution in [0.1, 0.15) is 0 Å². The second-order valence-corrected chi connectivity index (χ2v) is 3.41. The van der Waals surface area contributed by atoms with E-state index in [9.17, 15) is 10.3 Å². The molecule has 0 aromatic rings. The summed E-state index contributed by atoms with van der Waals surface area (Å²) < 4.78 is 4.15. The average Bonchev–Trinajstić information content (AvgIpc) is 2.56. The Morgan fingerprint density at radius 2 is 2.08 bits per heavy atom. The standard InChI is InChI=1S/C6H14N2O4/c1-8(2,10)4-5(11-3)6(4,9)12-7/h4-5,9H,7H2,1-3H3. The summed E-state index contributed by atoms with van der Waals surface area (Å²) in [6, 6.07) is -0.674. The van der Waals surface area contributed by atoms with Crippen LogP contribution >= 0.6 is 0 Å². The lowest BCUT2D eigenvalue weighted by Crippen LogP contribution is -2.41. The molecule has 1 rings (SSSR count). The van der Waals surface area contributed by atoms with Gasteiger partial charge >= 0.3 is 0 Å². The summed E-state index contributed by atoms with van der Waals surface area (Å²) in [6.45, 7) is 0. The summed E-state index contributed by atoms with van der Waals surface area (Å²) in [5.41, 5.74) is 0. The number of ether oxygens (including phenoxy) is 1. The molecule has 0 heterocycles. The van der Waals surface area contributed by atoms with Crippen LogP contribution in [0.4, 0.5) is 0 Å². The molecule has 3 atom stereocenters. The highest BCUT2D eigenvalue weighted by atomic mass is 16.8. The van der Waals surface area contributed by atoms with Gasteiger partial charge in [-0.3, -0.25) is 4.84 Å². The van der Waals surface area contributed by atoms with Crippen LogP contribution in [0, 0.1) is 5.21 Å². The molecule has 0 aromatic heterocycles. The Morgan fingerprint density at radius 1 is 1.58 bits per heavy atom. The van der Waals surface area contributed by atoms with Crippen molar-refractivity contribution in [3.63, 3.8) is 0 Å². The summed E-state index contributed by atoms with van der Waals surface area (Å²) in [4.78, 5) is 4.31. The molecule has 0 spiro atoms. The van der Waals surface area contributed by atoms with Crippen LogP contribution in [0.2, 0.25) is 0 Å². The van der Waals surface area contributed by atoms with E-state index in [1.807, 2.05) is 0 Å². The third-order valence-electron chi connectivity index (χ3n) is 2.12. The molecule has 0 saturated heterocycles. The van der Waals surface area contributed by atoms with Crippen LogP contribution < -0.4 is 5.90 Å². The molecule has 0 bridgehead atoms. The Morgan fingerprint density at radius 3 is 2.17 bits per heavy atom. The van der Waals surface area contributed by atoms with E-state index in [0.29, 0.717) is 0 Å². The highest BCUT2D eigenvalue weighted by Gasteiger charge is 2.74. The molecule has 0 amide bonds. The van der Waals surface area contributed by atoms with E-state index in [2.05, 4.69) is 4.84 Å². The first kappa shape index (κ1) is 9.85. The van der Waals surface area contributed by atoms with Crippen molar-refractivity contribution in [1.29, 1.82) is 0 Å². The maximum Gasteiger partial charge on any atom is 0.272 e. The van der Waals surface area contributed by atoms with Gasteiger partial charge in [0.25, 0.3) is 5.79 Å². The number of hydrogen-bond acceptors (Lipinski definition) is 5. The number of quaternary nitrogens is 1. The zero-order valence-corrected chi connectivity index (χ0v) is 7.35. The molecule has 1 fully saturated rings. The Labute approximate surface area is 70.6 Å². The second-order valence-electron chi connectivity index (χ2n) is 3.41. The van der Waals surface area contributed by atoms with Gasteiger partial charge in [0.15, 0.2) is 12.1 Å². The molecule has 0 aliphatic heterocycles. The normalized spacial score (nSPS) is 41.5. The molecule has 0 radical (unpaired) electrons. The van der Waals surface area contributed by atoms with Gasteiger partial charge in [0, 0.05) is 7.11 Å². The first-order chi connectivity index (χ1) is 5.38. The number of nitrogens with zero attached hydrogens (tertiary/aromatic N) is 1. The zero-order valence-electron chi connectivity index (χ0n) is 7.35. The maximum atomic E-state index is 11.4. The number of hydrogen-bond donors (Lipinski definition) is 2. The number of rotatable bonds is 3. The summed E-state index contributed by atoms with van der Waals surface area (Å²) in [5, 5.41) is 20.9. The minimum Gasteiger partial charge on any atom is -0.633 e. The van der Waals surface area contributed by atoms with Gasteiger partial charge in [-0.1, -0.05) is 0 Å². The van der Waals surface area contributed by atoms with Crippen LogP contribution in [0.5, 0.6) is 0 Å². The molecule has 12 heavy (non-hydrogen) atoms. The molecule has 6 nitrogen and oxygen atoms in total. The van der Waals surface area contributed by atoms with Gasteiger partial charge in [-0.15, -0.1) is 0 Å². The number of nitrogens with two attached hydrogens (primary N) is 1. The lowest BCUT2D eigenvalue weighted by atomic mass is 10.5. The predicted molar refractivity (Wildman–Crippen MR) is 40.3 cm³/mol. The van der Waals surface area contributed by atoms with Gasteiger partial charge in [-0.05, 0) is 0 Å². The van der Waals surface area contributed by atoms with Crippen molar-refractivity contribution in [2.75, 3.05) is 21.2 Å². The number of likely N-dealkylation sites (N-methyl/N-ethyl adjacent to an activating group) is 1. The number of methoxy groups -OCH3 is 1. The Kier molecular flexibility index (Phi) is 2.15. The number of hydroxylamine groups is 3. The summed E-state index contributed by atoms with van der Waals surface area (Å²) in [6.07, 6.45) is -0.644. The first-order valence-corrected chi connectivity index (χ1v) is 3.55. The second kappa shape index (κ2) is 2.63. The Bertz CT molecular complexity index is 181. The Balaban J connectivity index is 2.72. The van der Waals surface area contributed by atoms with Crippen molar-refractivity contribution in [2.45, 2.75) is 17.9 Å². The van der Waals surface area contributed by atoms with Gasteiger partial charge in [0.1, 0.15) is 0 Å². The first-order valence-electron chi connectivity index (χ1n) is 3.55. The van der Waals surface area contributed by atoms with Crippen molar-refractivity contribution in [2.24, 2.45) is 5.90 Å². The van der Waals surface area contributed by atoms with E-state index in [-0.39, 0.29) is 0 Å². The van der Waals surface area contributed by atoms with E-state index < -0.39 is 22.6 Å². The molecule has 1 saturated carbocycles. The minimum absolute atomic E-state index is 0.644. The molecule has 0 aromatic carbocycles. The molecular weight excluding hydrogens is 164 g/mol. The molecule has 1 aliphatic carbocycles. The van der Waals surface area contributed by atoms with E-state index in [1.165, 1.54) is 21.2 Å². The molecule has 1 aliphatic rings. The lowest BCUT2D eigenvalue weighted by Gasteiger charge is -2.34. The fraction of sp³-hybridized carbons (Fsp3) is 1.00. The highest BCUT2D eigenvalue weighted by Crippen LogP contribution is 2.44. The fourth-order valence-electron chi connectivity index (χ4n) is 1.51. The summed E-state index contributed by atoms with van der Waals surface area (Å²) >= 11 is 0. The minimum atomic E-state index is -1.62. The van der Waals surface area contributed by atoms with Crippen molar-refractivity contribution in [3.05, 3.63) is 5.21 Å². The van der Waals surface area contributed by atoms with Gasteiger partial charge < -0.3 is 19.7 Å². The number of aliphatic hydroxyl groups is 1. The van der Waals surface area contributed by atoms with Crippen LogP contribution in [-0.4, -0.2) is 48.9 Å². The largest absolute Gasteiger partial charge is 0.633 e. The van der Waals surface area contributed by atoms with Gasteiger partial charge in [0.05, 0.1) is 14.1 Å². The lowest BCUT2D eigenvalue weighted by molar-refractivity contribution is -0.858. The quantitative estimate of drug-likeness (QED) is 0.313. The van der Waals surface area contributed by atoms with Crippen LogP contribution in [0.25, 0.3) is 0 Å². The third kappa shape index (κ3) is 1.22. The van der Waals surface area contributed by atoms with Crippen molar-refractivity contribution >= 4 is 0 Å². The monoisotopic (exact) mass is 178 g/mol. The van der Waals surface area contributed by atoms with Crippen LogP contribution in [0.3, 0.4) is 0 Å². The van der Waals surface area contributed by atoms with Crippen molar-refractivity contribution in [3.8, 4) is 0 Å². The molecule has 72 valence electrons. The van der Waals surface area contributed by atoms with Gasteiger partial charge in [0.2, 0.25) is 0 Å². The average molecular weight is 178 g/mol. The molecule has 6 heteroatoms. The molecule has 3 unspecified atom stereocenters. The van der Waals surface area contributed by atoms with Gasteiger partial charge in [-0.2, -0.15) is 0 Å². The van der Waals surface area contributed by atoms with E-state index in [4.69, 9.17) is 10.6 Å². The maximum absolute atomic E-state index is 11.4. The predicted octanol–water partition coefficient (Wildman–Crippen LogP) is -1.46. The van der Waals surface area contributed by atoms with Crippen LogP contribution in [-0.2, 0) is 9.57 Å². The zero-order chi connectivity index (χ0) is 9.57. The Hall–Kier alpha value is -0.240. The van der Waals surface area contributed by atoms with Crippen molar-refractivity contribution in [1.82, 2.24) is 0 Å². The summed E-state index contributed by atoms with van der Waals surface area (Å²) in [7, 11) is 4.19. The van der Waals surface area contributed by atoms with Crippen molar-refractivity contribution < 1.29 is 19.3 Å². The highest BCUT2D eigenvalue weighted by molar-refractivity contribution is 5.10. The van der Waals surface area contributed by atoms with E-state index in [0.717, 1.165) is 0 Å². The summed E-state index contributed by atoms with van der Waals surface area (Å²) in [5.74, 6) is 3.22. The molecular formula is C6H14N2O4. The smallest absolute Gasteiger partial charge is 0.272 e. The fourth-order valence-corrected chi connectivity index (χ4v) is 1.51. The van der Waals surface area contributed by atoms with E-state index >= 15 is 0 Å². The molecule has 3 N–H and O–H groups in total. The third-order valence-corrected chi connectivity index (χ3v) is 2.12. The van der Waals surface area contributed by atoms with E-state index in [1.54, 1.807) is 0 Å². The SMILES string of the molecule is COC1C([N+](C)(C)[O-])C1(O)ON. The topological polar surface area (TPSA) is 87.8 Å². The van der Waals surface area contributed by atoms with Crippen LogP contribution in [0.15, 0.2) is 0 Å².